The van der Waals surface area contributed by atoms with Gasteiger partial charge in [-0.3, -0.25) is 4.79 Å². The van der Waals surface area contributed by atoms with Crippen LogP contribution in [0.1, 0.15) is 62.4 Å². The van der Waals surface area contributed by atoms with Crippen molar-refractivity contribution >= 4 is 22.4 Å². The quantitative estimate of drug-likeness (QED) is 0.780. The number of carbonyl (C=O) groups is 1. The molecule has 2 aliphatic carbocycles. The van der Waals surface area contributed by atoms with Gasteiger partial charge in [-0.2, -0.15) is 0 Å². The highest BCUT2D eigenvalue weighted by Crippen LogP contribution is 2.50. The first-order valence-electron chi connectivity index (χ1n) is 8.07. The van der Waals surface area contributed by atoms with E-state index in [1.807, 2.05) is 6.92 Å². The van der Waals surface area contributed by atoms with Gasteiger partial charge >= 0.3 is 5.97 Å². The molecule has 0 bridgehead atoms. The molecule has 116 valence electrons. The van der Waals surface area contributed by atoms with E-state index in [9.17, 15) is 4.79 Å². The SMILES string of the molecule is CCCC1(CNc2nc3c(s2)CCC3C(=O)OCC)CC1. The Morgan fingerprint density at radius 1 is 1.48 bits per heavy atom. The van der Waals surface area contributed by atoms with Gasteiger partial charge < -0.3 is 10.1 Å². The van der Waals surface area contributed by atoms with E-state index in [1.54, 1.807) is 11.3 Å². The number of anilines is 1. The number of thiazole rings is 1. The molecule has 1 fully saturated rings. The Morgan fingerprint density at radius 2 is 2.29 bits per heavy atom. The summed E-state index contributed by atoms with van der Waals surface area (Å²) in [6.07, 6.45) is 7.04. The molecule has 1 saturated carbocycles. The Kier molecular flexibility index (Phi) is 4.20. The molecule has 1 heterocycles. The third kappa shape index (κ3) is 3.07. The number of esters is 1. The van der Waals surface area contributed by atoms with Crippen LogP contribution < -0.4 is 5.32 Å². The molecule has 0 amide bonds. The standard InChI is InChI=1S/C16H24N2O2S/c1-3-7-16(8-9-16)10-17-15-18-13-11(14(19)20-4-2)5-6-12(13)21-15/h11H,3-10H2,1-2H3,(H,17,18). The van der Waals surface area contributed by atoms with E-state index >= 15 is 0 Å². The molecule has 1 N–H and O–H groups in total. The molecule has 0 spiro atoms. The summed E-state index contributed by atoms with van der Waals surface area (Å²) in [6, 6.07) is 0. The van der Waals surface area contributed by atoms with Crippen molar-refractivity contribution in [1.29, 1.82) is 0 Å². The van der Waals surface area contributed by atoms with Gasteiger partial charge in [0.25, 0.3) is 0 Å². The molecular weight excluding hydrogens is 284 g/mol. The molecule has 5 heteroatoms. The topological polar surface area (TPSA) is 51.2 Å². The van der Waals surface area contributed by atoms with Crippen LogP contribution in [0.2, 0.25) is 0 Å². The van der Waals surface area contributed by atoms with Crippen molar-refractivity contribution in [3.8, 4) is 0 Å². The molecule has 0 aliphatic heterocycles. The largest absolute Gasteiger partial charge is 0.465 e. The predicted molar refractivity (Wildman–Crippen MR) is 84.9 cm³/mol. The van der Waals surface area contributed by atoms with Crippen LogP contribution in [0.25, 0.3) is 0 Å². The summed E-state index contributed by atoms with van der Waals surface area (Å²) in [5.74, 6) is -0.255. The number of hydrogen-bond donors (Lipinski definition) is 1. The molecule has 1 aromatic rings. The average molecular weight is 308 g/mol. The van der Waals surface area contributed by atoms with Gasteiger partial charge in [-0.15, -0.1) is 11.3 Å². The number of aromatic nitrogens is 1. The van der Waals surface area contributed by atoms with Crippen molar-refractivity contribution in [2.75, 3.05) is 18.5 Å². The molecule has 0 aromatic carbocycles. The summed E-state index contributed by atoms with van der Waals surface area (Å²) in [4.78, 5) is 17.9. The van der Waals surface area contributed by atoms with Crippen LogP contribution >= 0.6 is 11.3 Å². The van der Waals surface area contributed by atoms with E-state index in [1.165, 1.54) is 30.6 Å². The molecule has 0 saturated heterocycles. The lowest BCUT2D eigenvalue weighted by Crippen LogP contribution is -2.16. The Balaban J connectivity index is 1.62. The minimum atomic E-state index is -0.141. The first-order valence-corrected chi connectivity index (χ1v) is 8.89. The van der Waals surface area contributed by atoms with Crippen LogP contribution in [-0.4, -0.2) is 24.1 Å². The Labute approximate surface area is 130 Å². The summed E-state index contributed by atoms with van der Waals surface area (Å²) in [5, 5.41) is 4.49. The van der Waals surface area contributed by atoms with Crippen molar-refractivity contribution in [3.05, 3.63) is 10.6 Å². The van der Waals surface area contributed by atoms with Gasteiger partial charge in [0, 0.05) is 11.4 Å². The normalized spacial score (nSPS) is 21.9. The number of hydrogen-bond acceptors (Lipinski definition) is 5. The highest BCUT2D eigenvalue weighted by molar-refractivity contribution is 7.15. The summed E-state index contributed by atoms with van der Waals surface area (Å²) >= 11 is 1.72. The second kappa shape index (κ2) is 5.95. The molecule has 2 aliphatic rings. The lowest BCUT2D eigenvalue weighted by atomic mass is 10.0. The van der Waals surface area contributed by atoms with E-state index in [0.29, 0.717) is 12.0 Å². The zero-order valence-corrected chi connectivity index (χ0v) is 13.7. The number of fused-ring (bicyclic) bond motifs is 1. The van der Waals surface area contributed by atoms with Crippen molar-refractivity contribution in [2.45, 2.75) is 58.3 Å². The lowest BCUT2D eigenvalue weighted by Gasteiger charge is -2.14. The van der Waals surface area contributed by atoms with E-state index in [2.05, 4.69) is 17.2 Å². The van der Waals surface area contributed by atoms with Crippen LogP contribution in [0.3, 0.4) is 0 Å². The number of aryl methyl sites for hydroxylation is 1. The zero-order chi connectivity index (χ0) is 14.9. The van der Waals surface area contributed by atoms with Gasteiger partial charge in [0.1, 0.15) is 5.92 Å². The van der Waals surface area contributed by atoms with Crippen LogP contribution in [0.15, 0.2) is 0 Å². The Morgan fingerprint density at radius 3 is 2.95 bits per heavy atom. The van der Waals surface area contributed by atoms with Crippen LogP contribution in [0.4, 0.5) is 5.13 Å². The van der Waals surface area contributed by atoms with Crippen LogP contribution in [0.5, 0.6) is 0 Å². The van der Waals surface area contributed by atoms with Gasteiger partial charge in [-0.1, -0.05) is 13.3 Å². The fourth-order valence-electron chi connectivity index (χ4n) is 3.26. The van der Waals surface area contributed by atoms with E-state index < -0.39 is 0 Å². The predicted octanol–water partition coefficient (Wildman–Crippen LogP) is 3.73. The maximum Gasteiger partial charge on any atom is 0.315 e. The number of nitrogens with one attached hydrogen (secondary N) is 1. The average Bonchev–Trinajstić information content (AvgIpc) is 2.93. The summed E-state index contributed by atoms with van der Waals surface area (Å²) in [5.41, 5.74) is 1.48. The van der Waals surface area contributed by atoms with Crippen LogP contribution in [0, 0.1) is 5.41 Å². The fraction of sp³-hybridized carbons (Fsp3) is 0.750. The molecule has 4 nitrogen and oxygen atoms in total. The van der Waals surface area contributed by atoms with E-state index in [4.69, 9.17) is 4.74 Å². The number of rotatable bonds is 7. The number of nitrogens with zero attached hydrogens (tertiary/aromatic N) is 1. The van der Waals surface area contributed by atoms with Crippen molar-refractivity contribution in [3.63, 3.8) is 0 Å². The summed E-state index contributed by atoms with van der Waals surface area (Å²) in [6.45, 7) is 5.57. The summed E-state index contributed by atoms with van der Waals surface area (Å²) in [7, 11) is 0. The first-order chi connectivity index (χ1) is 10.2. The minimum absolute atomic E-state index is 0.113. The maximum atomic E-state index is 12.0. The zero-order valence-electron chi connectivity index (χ0n) is 12.9. The highest BCUT2D eigenvalue weighted by Gasteiger charge is 2.41. The van der Waals surface area contributed by atoms with Crippen molar-refractivity contribution < 1.29 is 9.53 Å². The van der Waals surface area contributed by atoms with Crippen molar-refractivity contribution in [2.24, 2.45) is 5.41 Å². The Bertz CT molecular complexity index is 522. The van der Waals surface area contributed by atoms with Gasteiger partial charge in [0.05, 0.1) is 12.3 Å². The maximum absolute atomic E-state index is 12.0. The van der Waals surface area contributed by atoms with Gasteiger partial charge in [0.15, 0.2) is 5.13 Å². The monoisotopic (exact) mass is 308 g/mol. The van der Waals surface area contributed by atoms with Crippen LogP contribution in [-0.2, 0) is 16.0 Å². The Hall–Kier alpha value is -1.10. The van der Waals surface area contributed by atoms with Crippen molar-refractivity contribution in [1.82, 2.24) is 4.98 Å². The molecule has 0 radical (unpaired) electrons. The lowest BCUT2D eigenvalue weighted by molar-refractivity contribution is -0.145. The third-order valence-corrected chi connectivity index (χ3v) is 5.73. The molecule has 1 unspecified atom stereocenters. The number of ether oxygens (including phenoxy) is 1. The van der Waals surface area contributed by atoms with E-state index in [-0.39, 0.29) is 11.9 Å². The van der Waals surface area contributed by atoms with Gasteiger partial charge in [0.2, 0.25) is 0 Å². The minimum Gasteiger partial charge on any atom is -0.465 e. The number of carbonyl (C=O) groups excluding carboxylic acids is 1. The molecular formula is C16H24N2O2S. The molecule has 3 rings (SSSR count). The first kappa shape index (κ1) is 14.8. The van der Waals surface area contributed by atoms with E-state index in [0.717, 1.165) is 30.2 Å². The molecule has 1 aromatic heterocycles. The summed E-state index contributed by atoms with van der Waals surface area (Å²) < 4.78 is 5.15. The molecule has 21 heavy (non-hydrogen) atoms. The van der Waals surface area contributed by atoms with Gasteiger partial charge in [-0.25, -0.2) is 4.98 Å². The molecule has 1 atom stereocenters. The second-order valence-electron chi connectivity index (χ2n) is 6.27. The highest BCUT2D eigenvalue weighted by atomic mass is 32.1. The second-order valence-corrected chi connectivity index (χ2v) is 7.36. The third-order valence-electron chi connectivity index (χ3n) is 4.64. The van der Waals surface area contributed by atoms with Gasteiger partial charge in [-0.05, 0) is 44.4 Å². The fourth-order valence-corrected chi connectivity index (χ4v) is 4.29. The smallest absolute Gasteiger partial charge is 0.315 e.